The normalized spacial score (nSPS) is 17.7. The van der Waals surface area contributed by atoms with E-state index < -0.39 is 0 Å². The summed E-state index contributed by atoms with van der Waals surface area (Å²) >= 11 is 0. The molecule has 1 saturated heterocycles. The molecule has 0 spiro atoms. The average molecular weight is 362 g/mol. The molecule has 3 aromatic rings. The van der Waals surface area contributed by atoms with E-state index in [0.717, 1.165) is 25.4 Å². The number of nitrogens with zero attached hydrogens (tertiary/aromatic N) is 4. The Morgan fingerprint density at radius 3 is 2.81 bits per heavy atom. The molecule has 4 rings (SSSR count). The summed E-state index contributed by atoms with van der Waals surface area (Å²) in [7, 11) is 0. The van der Waals surface area contributed by atoms with Crippen molar-refractivity contribution in [3.8, 4) is 5.75 Å². The van der Waals surface area contributed by atoms with Crippen molar-refractivity contribution in [2.24, 2.45) is 0 Å². The highest BCUT2D eigenvalue weighted by Crippen LogP contribution is 2.32. The third kappa shape index (κ3) is 4.55. The van der Waals surface area contributed by atoms with Crippen LogP contribution in [0.3, 0.4) is 0 Å². The second-order valence-electron chi connectivity index (χ2n) is 6.99. The lowest BCUT2D eigenvalue weighted by molar-refractivity contribution is 0.135. The van der Waals surface area contributed by atoms with E-state index in [-0.39, 0.29) is 0 Å². The number of aromatic nitrogens is 3. The van der Waals surface area contributed by atoms with Gasteiger partial charge in [-0.3, -0.25) is 9.88 Å². The van der Waals surface area contributed by atoms with Crippen molar-refractivity contribution in [2.75, 3.05) is 13.2 Å². The van der Waals surface area contributed by atoms with Crippen molar-refractivity contribution >= 4 is 0 Å². The Labute approximate surface area is 160 Å². The van der Waals surface area contributed by atoms with Gasteiger partial charge < -0.3 is 9.30 Å². The Hall–Kier alpha value is -2.66. The first-order valence-electron chi connectivity index (χ1n) is 9.71. The number of piperidine rings is 1. The summed E-state index contributed by atoms with van der Waals surface area (Å²) < 4.78 is 8.13. The molecule has 1 aromatic carbocycles. The largest absolute Gasteiger partial charge is 0.491 e. The highest BCUT2D eigenvalue weighted by molar-refractivity contribution is 5.33. The van der Waals surface area contributed by atoms with Crippen LogP contribution >= 0.6 is 0 Å². The van der Waals surface area contributed by atoms with Gasteiger partial charge in [0, 0.05) is 30.7 Å². The van der Waals surface area contributed by atoms with Crippen molar-refractivity contribution in [3.63, 3.8) is 0 Å². The van der Waals surface area contributed by atoms with Gasteiger partial charge in [-0.2, -0.15) is 0 Å². The molecular formula is C22H26N4O. The smallest absolute Gasteiger partial charge is 0.123 e. The van der Waals surface area contributed by atoms with Gasteiger partial charge in [0.25, 0.3) is 0 Å². The number of rotatable bonds is 7. The topological polar surface area (TPSA) is 43.2 Å². The molecule has 0 unspecified atom stereocenters. The van der Waals surface area contributed by atoms with Crippen molar-refractivity contribution in [2.45, 2.75) is 38.4 Å². The maximum Gasteiger partial charge on any atom is 0.123 e. The van der Waals surface area contributed by atoms with Crippen molar-refractivity contribution < 1.29 is 4.74 Å². The third-order valence-corrected chi connectivity index (χ3v) is 5.16. The van der Waals surface area contributed by atoms with Crippen LogP contribution in [-0.4, -0.2) is 32.6 Å². The molecule has 5 nitrogen and oxygen atoms in total. The zero-order valence-corrected chi connectivity index (χ0v) is 15.6. The van der Waals surface area contributed by atoms with Crippen molar-refractivity contribution in [3.05, 3.63) is 78.6 Å². The van der Waals surface area contributed by atoms with Crippen LogP contribution in [0.2, 0.25) is 0 Å². The van der Waals surface area contributed by atoms with Gasteiger partial charge in [-0.1, -0.05) is 30.7 Å². The number of ether oxygens (including phenoxy) is 1. The van der Waals surface area contributed by atoms with Gasteiger partial charge in [-0.25, -0.2) is 4.98 Å². The Morgan fingerprint density at radius 2 is 1.96 bits per heavy atom. The van der Waals surface area contributed by atoms with Crippen LogP contribution in [0.1, 0.15) is 36.6 Å². The monoisotopic (exact) mass is 362 g/mol. The van der Waals surface area contributed by atoms with Crippen LogP contribution in [0.25, 0.3) is 0 Å². The number of para-hydroxylation sites is 1. The Balaban J connectivity index is 1.44. The fourth-order valence-corrected chi connectivity index (χ4v) is 3.76. The van der Waals surface area contributed by atoms with E-state index in [0.29, 0.717) is 12.6 Å². The predicted molar refractivity (Wildman–Crippen MR) is 105 cm³/mol. The SMILES string of the molecule is c1ccc([C@H]2CCCCN2Cc2ccccc2OCCn2ccnc2)nc1. The van der Waals surface area contributed by atoms with Gasteiger partial charge in [0.15, 0.2) is 0 Å². The summed E-state index contributed by atoms with van der Waals surface area (Å²) in [6.45, 7) is 3.43. The van der Waals surface area contributed by atoms with E-state index in [1.165, 1.54) is 30.5 Å². The molecule has 1 aliphatic rings. The van der Waals surface area contributed by atoms with E-state index >= 15 is 0 Å². The van der Waals surface area contributed by atoms with E-state index in [1.54, 1.807) is 6.20 Å². The Morgan fingerprint density at radius 1 is 1.04 bits per heavy atom. The quantitative estimate of drug-likeness (QED) is 0.635. The average Bonchev–Trinajstić information content (AvgIpc) is 3.24. The number of benzene rings is 1. The van der Waals surface area contributed by atoms with E-state index in [4.69, 9.17) is 4.74 Å². The molecule has 2 aromatic heterocycles. The predicted octanol–water partition coefficient (Wildman–Crippen LogP) is 4.08. The molecule has 1 atom stereocenters. The summed E-state index contributed by atoms with van der Waals surface area (Å²) in [5.74, 6) is 0.975. The molecule has 0 aliphatic carbocycles. The molecule has 0 radical (unpaired) electrons. The first-order chi connectivity index (χ1) is 13.4. The number of hydrogen-bond acceptors (Lipinski definition) is 4. The fraction of sp³-hybridized carbons (Fsp3) is 0.364. The van der Waals surface area contributed by atoms with Gasteiger partial charge in [0.05, 0.1) is 24.6 Å². The molecular weight excluding hydrogens is 336 g/mol. The van der Waals surface area contributed by atoms with Gasteiger partial charge in [-0.05, 0) is 37.6 Å². The molecule has 5 heteroatoms. The van der Waals surface area contributed by atoms with Crippen LogP contribution in [0, 0.1) is 0 Å². The van der Waals surface area contributed by atoms with Gasteiger partial charge >= 0.3 is 0 Å². The van der Waals surface area contributed by atoms with Crippen LogP contribution in [-0.2, 0) is 13.1 Å². The lowest BCUT2D eigenvalue weighted by atomic mass is 9.98. The molecule has 0 saturated carbocycles. The molecule has 0 bridgehead atoms. The summed E-state index contributed by atoms with van der Waals surface area (Å²) in [6, 6.07) is 15.0. The Kier molecular flexibility index (Phi) is 5.80. The highest BCUT2D eigenvalue weighted by Gasteiger charge is 2.25. The first-order valence-corrected chi connectivity index (χ1v) is 9.71. The number of hydrogen-bond donors (Lipinski definition) is 0. The first kappa shape index (κ1) is 17.7. The Bertz CT molecular complexity index is 819. The molecule has 3 heterocycles. The number of likely N-dealkylation sites (tertiary alicyclic amines) is 1. The zero-order chi connectivity index (χ0) is 18.3. The number of imidazole rings is 1. The highest BCUT2D eigenvalue weighted by atomic mass is 16.5. The van der Waals surface area contributed by atoms with Crippen LogP contribution < -0.4 is 4.74 Å². The van der Waals surface area contributed by atoms with Crippen LogP contribution in [0.15, 0.2) is 67.4 Å². The van der Waals surface area contributed by atoms with Crippen LogP contribution in [0.4, 0.5) is 0 Å². The molecule has 27 heavy (non-hydrogen) atoms. The van der Waals surface area contributed by atoms with E-state index in [1.807, 2.05) is 35.4 Å². The van der Waals surface area contributed by atoms with Crippen molar-refractivity contribution in [1.82, 2.24) is 19.4 Å². The lowest BCUT2D eigenvalue weighted by Crippen LogP contribution is -2.33. The minimum Gasteiger partial charge on any atom is -0.491 e. The standard InChI is InChI=1S/C22H26N4O/c1-2-10-22(27-16-15-25-14-12-23-18-25)19(7-1)17-26-13-6-4-9-21(26)20-8-3-5-11-24-20/h1-3,5,7-8,10-12,14,18,21H,4,6,9,13,15-17H2/t21-/m1/s1. The minimum absolute atomic E-state index is 0.388. The van der Waals surface area contributed by atoms with E-state index in [9.17, 15) is 0 Å². The summed E-state index contributed by atoms with van der Waals surface area (Å²) in [5.41, 5.74) is 2.42. The molecule has 0 amide bonds. The number of pyridine rings is 1. The van der Waals surface area contributed by atoms with Crippen molar-refractivity contribution in [1.29, 1.82) is 0 Å². The maximum atomic E-state index is 6.10. The van der Waals surface area contributed by atoms with Gasteiger partial charge in [0.1, 0.15) is 12.4 Å². The third-order valence-electron chi connectivity index (χ3n) is 5.16. The van der Waals surface area contributed by atoms with Gasteiger partial charge in [0.2, 0.25) is 0 Å². The van der Waals surface area contributed by atoms with E-state index in [2.05, 4.69) is 45.2 Å². The summed E-state index contributed by atoms with van der Waals surface area (Å²) in [5, 5.41) is 0. The maximum absolute atomic E-state index is 6.10. The molecule has 0 N–H and O–H groups in total. The second-order valence-corrected chi connectivity index (χ2v) is 6.99. The molecule has 140 valence electrons. The lowest BCUT2D eigenvalue weighted by Gasteiger charge is -2.35. The minimum atomic E-state index is 0.388. The zero-order valence-electron chi connectivity index (χ0n) is 15.6. The second kappa shape index (κ2) is 8.82. The molecule has 1 fully saturated rings. The summed E-state index contributed by atoms with van der Waals surface area (Å²) in [4.78, 5) is 11.2. The molecule has 1 aliphatic heterocycles. The van der Waals surface area contributed by atoms with Gasteiger partial charge in [-0.15, -0.1) is 0 Å². The fourth-order valence-electron chi connectivity index (χ4n) is 3.76. The van der Waals surface area contributed by atoms with Crippen LogP contribution in [0.5, 0.6) is 5.75 Å². The summed E-state index contributed by atoms with van der Waals surface area (Å²) in [6.07, 6.45) is 11.1.